The van der Waals surface area contributed by atoms with Crippen molar-refractivity contribution in [1.82, 2.24) is 4.98 Å². The van der Waals surface area contributed by atoms with E-state index in [1.165, 1.54) is 0 Å². The van der Waals surface area contributed by atoms with Gasteiger partial charge in [0, 0.05) is 24.4 Å². The van der Waals surface area contributed by atoms with Gasteiger partial charge in [-0.1, -0.05) is 13.8 Å². The van der Waals surface area contributed by atoms with Crippen LogP contribution in [0.2, 0.25) is 0 Å². The van der Waals surface area contributed by atoms with E-state index in [9.17, 15) is 4.79 Å². The number of Topliss-reactive ketones (excluding diaryl/α,β-unsaturated/α-hetero) is 1. The average molecular weight is 177 g/mol. The van der Waals surface area contributed by atoms with E-state index >= 15 is 0 Å². The maximum absolute atomic E-state index is 11.3. The molecule has 0 aliphatic heterocycles. The van der Waals surface area contributed by atoms with Crippen LogP contribution < -0.4 is 0 Å². The molecule has 1 aliphatic carbocycles. The Balaban J connectivity index is 0.000000396. The molecule has 2 rings (SSSR count). The van der Waals surface area contributed by atoms with Crippen molar-refractivity contribution in [2.24, 2.45) is 0 Å². The number of hydrogen-bond acceptors (Lipinski definition) is 2. The van der Waals surface area contributed by atoms with E-state index in [2.05, 4.69) is 4.98 Å². The molecule has 0 fully saturated rings. The van der Waals surface area contributed by atoms with Crippen LogP contribution in [0, 0.1) is 0 Å². The molecule has 0 saturated carbocycles. The van der Waals surface area contributed by atoms with Crippen LogP contribution in [-0.2, 0) is 6.42 Å². The predicted molar refractivity (Wildman–Crippen MR) is 52.9 cm³/mol. The molecule has 0 atom stereocenters. The lowest BCUT2D eigenvalue weighted by Crippen LogP contribution is -2.10. The minimum Gasteiger partial charge on any atom is -0.294 e. The van der Waals surface area contributed by atoms with E-state index in [1.54, 1.807) is 12.4 Å². The van der Waals surface area contributed by atoms with Crippen LogP contribution in [0.1, 0.15) is 42.6 Å². The molecule has 2 heteroatoms. The standard InChI is InChI=1S/C9H9NO.C2H6/c11-9-3-1-2-7-6-10-5-4-8(7)9;1-2/h4-6H,1-3H2;1-2H3. The third kappa shape index (κ3) is 2.14. The molecule has 0 saturated heterocycles. The third-order valence-electron chi connectivity index (χ3n) is 2.05. The lowest BCUT2D eigenvalue weighted by molar-refractivity contribution is 0.0972. The molecule has 0 N–H and O–H groups in total. The highest BCUT2D eigenvalue weighted by atomic mass is 16.1. The minimum atomic E-state index is 0.272. The Morgan fingerprint density at radius 2 is 2.08 bits per heavy atom. The van der Waals surface area contributed by atoms with E-state index in [0.717, 1.165) is 24.0 Å². The number of pyridine rings is 1. The van der Waals surface area contributed by atoms with Crippen molar-refractivity contribution in [2.45, 2.75) is 33.1 Å². The van der Waals surface area contributed by atoms with Crippen molar-refractivity contribution >= 4 is 5.78 Å². The summed E-state index contributed by atoms with van der Waals surface area (Å²) in [7, 11) is 0. The Morgan fingerprint density at radius 1 is 1.31 bits per heavy atom. The summed E-state index contributed by atoms with van der Waals surface area (Å²) in [6.45, 7) is 4.00. The molecule has 0 bridgehead atoms. The van der Waals surface area contributed by atoms with Crippen molar-refractivity contribution in [3.63, 3.8) is 0 Å². The summed E-state index contributed by atoms with van der Waals surface area (Å²) in [6, 6.07) is 1.82. The van der Waals surface area contributed by atoms with E-state index in [0.29, 0.717) is 6.42 Å². The van der Waals surface area contributed by atoms with E-state index < -0.39 is 0 Å². The van der Waals surface area contributed by atoms with Gasteiger partial charge >= 0.3 is 0 Å². The number of carbonyl (C=O) groups is 1. The molecule has 1 heterocycles. The van der Waals surface area contributed by atoms with Crippen molar-refractivity contribution in [3.05, 3.63) is 29.6 Å². The van der Waals surface area contributed by atoms with E-state index in [4.69, 9.17) is 0 Å². The molecule has 1 aromatic rings. The van der Waals surface area contributed by atoms with Crippen LogP contribution in [-0.4, -0.2) is 10.8 Å². The monoisotopic (exact) mass is 177 g/mol. The van der Waals surface area contributed by atoms with Crippen LogP contribution >= 0.6 is 0 Å². The van der Waals surface area contributed by atoms with Crippen LogP contribution in [0.5, 0.6) is 0 Å². The molecule has 0 radical (unpaired) electrons. The number of rotatable bonds is 0. The first-order valence-electron chi connectivity index (χ1n) is 4.84. The summed E-state index contributed by atoms with van der Waals surface area (Å²) >= 11 is 0. The highest BCUT2D eigenvalue weighted by molar-refractivity contribution is 5.98. The Bertz CT molecular complexity index is 294. The second-order valence-corrected chi connectivity index (χ2v) is 2.81. The lowest BCUT2D eigenvalue weighted by Gasteiger charge is -2.12. The first-order chi connectivity index (χ1) is 6.38. The molecule has 0 spiro atoms. The van der Waals surface area contributed by atoms with Gasteiger partial charge in [0.1, 0.15) is 0 Å². The van der Waals surface area contributed by atoms with Gasteiger partial charge in [0.25, 0.3) is 0 Å². The minimum absolute atomic E-state index is 0.272. The third-order valence-corrected chi connectivity index (χ3v) is 2.05. The summed E-state index contributed by atoms with van der Waals surface area (Å²) in [5.74, 6) is 0.272. The number of nitrogens with zero attached hydrogens (tertiary/aromatic N) is 1. The summed E-state index contributed by atoms with van der Waals surface area (Å²) in [6.07, 6.45) is 6.18. The highest BCUT2D eigenvalue weighted by Gasteiger charge is 2.15. The molecule has 1 aliphatic rings. The summed E-state index contributed by atoms with van der Waals surface area (Å²) < 4.78 is 0. The zero-order valence-electron chi connectivity index (χ0n) is 8.21. The quantitative estimate of drug-likeness (QED) is 0.609. The van der Waals surface area contributed by atoms with Crippen LogP contribution in [0.15, 0.2) is 18.5 Å². The zero-order chi connectivity index (χ0) is 9.68. The molecular weight excluding hydrogens is 162 g/mol. The normalized spacial score (nSPS) is 14.2. The van der Waals surface area contributed by atoms with Crippen molar-refractivity contribution in [1.29, 1.82) is 0 Å². The SMILES string of the molecule is CC.O=C1CCCc2cnccc21. The number of ketones is 1. The Kier molecular flexibility index (Phi) is 3.62. The maximum atomic E-state index is 11.3. The summed E-state index contributed by atoms with van der Waals surface area (Å²) in [4.78, 5) is 15.2. The van der Waals surface area contributed by atoms with Gasteiger partial charge in [-0.25, -0.2) is 0 Å². The smallest absolute Gasteiger partial charge is 0.163 e. The van der Waals surface area contributed by atoms with Gasteiger partial charge in [-0.3, -0.25) is 9.78 Å². The number of fused-ring (bicyclic) bond motifs is 1. The second kappa shape index (κ2) is 4.75. The van der Waals surface area contributed by atoms with Gasteiger partial charge in [-0.05, 0) is 24.5 Å². The fraction of sp³-hybridized carbons (Fsp3) is 0.455. The van der Waals surface area contributed by atoms with Gasteiger partial charge in [0.2, 0.25) is 0 Å². The van der Waals surface area contributed by atoms with Gasteiger partial charge in [-0.2, -0.15) is 0 Å². The molecule has 70 valence electrons. The van der Waals surface area contributed by atoms with Crippen molar-refractivity contribution < 1.29 is 4.79 Å². The second-order valence-electron chi connectivity index (χ2n) is 2.81. The van der Waals surface area contributed by atoms with Gasteiger partial charge in [0.15, 0.2) is 5.78 Å². The molecule has 0 unspecified atom stereocenters. The van der Waals surface area contributed by atoms with Crippen molar-refractivity contribution in [3.8, 4) is 0 Å². The molecule has 0 amide bonds. The Hall–Kier alpha value is -1.18. The summed E-state index contributed by atoms with van der Waals surface area (Å²) in [5.41, 5.74) is 2.00. The molecule has 13 heavy (non-hydrogen) atoms. The van der Waals surface area contributed by atoms with Gasteiger partial charge in [0.05, 0.1) is 0 Å². The lowest BCUT2D eigenvalue weighted by atomic mass is 9.93. The highest BCUT2D eigenvalue weighted by Crippen LogP contribution is 2.18. The first kappa shape index (κ1) is 9.90. The largest absolute Gasteiger partial charge is 0.294 e. The number of carbonyl (C=O) groups excluding carboxylic acids is 1. The first-order valence-corrected chi connectivity index (χ1v) is 4.84. The Labute approximate surface area is 79.0 Å². The number of aromatic nitrogens is 1. The van der Waals surface area contributed by atoms with Gasteiger partial charge < -0.3 is 0 Å². The average Bonchev–Trinajstić information content (AvgIpc) is 2.22. The molecule has 0 aromatic carbocycles. The molecule has 2 nitrogen and oxygen atoms in total. The number of aryl methyl sites for hydroxylation is 1. The Morgan fingerprint density at radius 3 is 2.77 bits per heavy atom. The fourth-order valence-corrected chi connectivity index (χ4v) is 1.47. The maximum Gasteiger partial charge on any atom is 0.163 e. The van der Waals surface area contributed by atoms with Crippen LogP contribution in [0.25, 0.3) is 0 Å². The zero-order valence-corrected chi connectivity index (χ0v) is 8.21. The van der Waals surface area contributed by atoms with Crippen LogP contribution in [0.3, 0.4) is 0 Å². The van der Waals surface area contributed by atoms with Gasteiger partial charge in [-0.15, -0.1) is 0 Å². The molecular formula is C11H15NO. The van der Waals surface area contributed by atoms with Crippen LogP contribution in [0.4, 0.5) is 0 Å². The predicted octanol–water partition coefficient (Wildman–Crippen LogP) is 2.63. The number of hydrogen-bond donors (Lipinski definition) is 0. The van der Waals surface area contributed by atoms with E-state index in [1.807, 2.05) is 19.9 Å². The fourth-order valence-electron chi connectivity index (χ4n) is 1.47. The van der Waals surface area contributed by atoms with Crippen molar-refractivity contribution in [2.75, 3.05) is 0 Å². The topological polar surface area (TPSA) is 30.0 Å². The summed E-state index contributed by atoms with van der Waals surface area (Å²) in [5, 5.41) is 0. The van der Waals surface area contributed by atoms with E-state index in [-0.39, 0.29) is 5.78 Å². The molecule has 1 aromatic heterocycles.